The molecule has 0 radical (unpaired) electrons. The Morgan fingerprint density at radius 3 is 2.42 bits per heavy atom. The van der Waals surface area contributed by atoms with E-state index in [1.807, 2.05) is 0 Å². The maximum absolute atomic E-state index is 13.6. The molecule has 0 amide bonds. The quantitative estimate of drug-likeness (QED) is 0.897. The van der Waals surface area contributed by atoms with E-state index >= 15 is 0 Å². The van der Waals surface area contributed by atoms with Crippen molar-refractivity contribution in [3.8, 4) is 0 Å². The second-order valence-electron chi connectivity index (χ2n) is 5.08. The first-order chi connectivity index (χ1) is 8.59. The Morgan fingerprint density at radius 1 is 1.16 bits per heavy atom. The van der Waals surface area contributed by atoms with Gasteiger partial charge in [0.2, 0.25) is 0 Å². The molecular weight excluding hydrogens is 272 g/mol. The van der Waals surface area contributed by atoms with Crippen LogP contribution < -0.4 is 5.73 Å². The Hall–Kier alpha value is -0.710. The molecule has 0 spiro atoms. The third kappa shape index (κ3) is 3.88. The van der Waals surface area contributed by atoms with Crippen LogP contribution in [0.3, 0.4) is 0 Å². The molecule has 2 atom stereocenters. The highest BCUT2D eigenvalue weighted by Gasteiger charge is 2.29. The van der Waals surface area contributed by atoms with Crippen molar-refractivity contribution in [2.45, 2.75) is 44.2 Å². The predicted molar refractivity (Wildman–Crippen MR) is 73.1 cm³/mol. The predicted octanol–water partition coefficient (Wildman–Crippen LogP) is 3.33. The number of rotatable bonds is 3. The largest absolute Gasteiger partial charge is 0.391 e. The molecule has 1 fully saturated rings. The first-order valence-corrected chi connectivity index (χ1v) is 6.48. The average Bonchev–Trinajstić information content (AvgIpc) is 2.41. The lowest BCUT2D eigenvalue weighted by molar-refractivity contribution is 0.0607. The Balaban J connectivity index is 0.00000180. The van der Waals surface area contributed by atoms with E-state index in [1.165, 1.54) is 6.42 Å². The van der Waals surface area contributed by atoms with Crippen LogP contribution in [0.15, 0.2) is 18.2 Å². The Bertz CT molecular complexity index is 410. The van der Waals surface area contributed by atoms with E-state index in [9.17, 15) is 13.9 Å². The minimum absolute atomic E-state index is 0. The van der Waals surface area contributed by atoms with Gasteiger partial charge in [-0.1, -0.05) is 19.3 Å². The van der Waals surface area contributed by atoms with Gasteiger partial charge in [-0.05, 0) is 37.0 Å². The molecule has 0 unspecified atom stereocenters. The van der Waals surface area contributed by atoms with Gasteiger partial charge in [0.25, 0.3) is 0 Å². The van der Waals surface area contributed by atoms with Gasteiger partial charge in [0.1, 0.15) is 11.6 Å². The van der Waals surface area contributed by atoms with Gasteiger partial charge in [-0.15, -0.1) is 12.4 Å². The lowest BCUT2D eigenvalue weighted by atomic mass is 9.81. The van der Waals surface area contributed by atoms with Crippen molar-refractivity contribution in [2.75, 3.05) is 0 Å². The maximum atomic E-state index is 13.6. The Labute approximate surface area is 118 Å². The molecule has 1 aliphatic rings. The summed E-state index contributed by atoms with van der Waals surface area (Å²) in [7, 11) is 0. The van der Waals surface area contributed by atoms with E-state index in [0.29, 0.717) is 0 Å². The zero-order valence-electron chi connectivity index (χ0n) is 10.7. The van der Waals surface area contributed by atoms with E-state index in [0.717, 1.165) is 43.9 Å². The summed E-state index contributed by atoms with van der Waals surface area (Å²) >= 11 is 0. The molecule has 1 aliphatic carbocycles. The van der Waals surface area contributed by atoms with Crippen LogP contribution in [0.4, 0.5) is 8.78 Å². The van der Waals surface area contributed by atoms with Crippen LogP contribution in [0.2, 0.25) is 0 Å². The van der Waals surface area contributed by atoms with E-state index in [-0.39, 0.29) is 23.9 Å². The van der Waals surface area contributed by atoms with Crippen LogP contribution in [-0.2, 0) is 0 Å². The number of aliphatic hydroxyl groups is 1. The van der Waals surface area contributed by atoms with Crippen LogP contribution >= 0.6 is 12.4 Å². The maximum Gasteiger partial charge on any atom is 0.128 e. The van der Waals surface area contributed by atoms with Crippen molar-refractivity contribution >= 4 is 12.4 Å². The lowest BCUT2D eigenvalue weighted by Crippen LogP contribution is -2.34. The van der Waals surface area contributed by atoms with Crippen molar-refractivity contribution < 1.29 is 13.9 Å². The first kappa shape index (κ1) is 16.3. The first-order valence-electron chi connectivity index (χ1n) is 6.48. The molecule has 1 aromatic carbocycles. The molecule has 2 rings (SSSR count). The van der Waals surface area contributed by atoms with Crippen molar-refractivity contribution in [3.63, 3.8) is 0 Å². The minimum Gasteiger partial charge on any atom is -0.391 e. The fraction of sp³-hybridized carbons (Fsp3) is 0.571. The molecule has 0 aromatic heterocycles. The van der Waals surface area contributed by atoms with Gasteiger partial charge >= 0.3 is 0 Å². The summed E-state index contributed by atoms with van der Waals surface area (Å²) in [5.41, 5.74) is 5.95. The average molecular weight is 292 g/mol. The monoisotopic (exact) mass is 291 g/mol. The van der Waals surface area contributed by atoms with E-state index in [2.05, 4.69) is 0 Å². The van der Waals surface area contributed by atoms with Crippen LogP contribution in [-0.4, -0.2) is 11.2 Å². The van der Waals surface area contributed by atoms with Gasteiger partial charge in [-0.3, -0.25) is 0 Å². The molecule has 0 bridgehead atoms. The molecule has 0 aliphatic heterocycles. The standard InChI is InChI=1S/C14H19F2NO.ClH/c15-10-6-7-12(16)11(8-10)13(17)14(18)9-4-2-1-3-5-9;/h6-9,13-14,18H,1-5,17H2;1H/t13-,14+;/m0./s1. The van der Waals surface area contributed by atoms with Crippen molar-refractivity contribution in [3.05, 3.63) is 35.4 Å². The van der Waals surface area contributed by atoms with Crippen LogP contribution in [0, 0.1) is 17.6 Å². The third-order valence-corrected chi connectivity index (χ3v) is 3.82. The van der Waals surface area contributed by atoms with Crippen molar-refractivity contribution in [2.24, 2.45) is 11.7 Å². The smallest absolute Gasteiger partial charge is 0.128 e. The van der Waals surface area contributed by atoms with E-state index in [1.54, 1.807) is 0 Å². The molecule has 19 heavy (non-hydrogen) atoms. The molecule has 108 valence electrons. The number of aliphatic hydroxyl groups excluding tert-OH is 1. The number of nitrogens with two attached hydrogens (primary N) is 1. The highest BCUT2D eigenvalue weighted by atomic mass is 35.5. The zero-order chi connectivity index (χ0) is 13.1. The van der Waals surface area contributed by atoms with Crippen LogP contribution in [0.25, 0.3) is 0 Å². The third-order valence-electron chi connectivity index (χ3n) is 3.82. The van der Waals surface area contributed by atoms with Gasteiger partial charge in [-0.2, -0.15) is 0 Å². The van der Waals surface area contributed by atoms with Gasteiger partial charge < -0.3 is 10.8 Å². The second-order valence-corrected chi connectivity index (χ2v) is 5.08. The number of hydrogen-bond donors (Lipinski definition) is 2. The van der Waals surface area contributed by atoms with E-state index in [4.69, 9.17) is 5.73 Å². The zero-order valence-corrected chi connectivity index (χ0v) is 11.5. The summed E-state index contributed by atoms with van der Waals surface area (Å²) in [6, 6.07) is 2.33. The molecule has 0 heterocycles. The summed E-state index contributed by atoms with van der Waals surface area (Å²) in [5.74, 6) is -0.993. The highest BCUT2D eigenvalue weighted by molar-refractivity contribution is 5.85. The minimum atomic E-state index is -0.858. The van der Waals surface area contributed by atoms with Crippen LogP contribution in [0.1, 0.15) is 43.7 Å². The molecule has 5 heteroatoms. The second kappa shape index (κ2) is 7.17. The number of halogens is 3. The topological polar surface area (TPSA) is 46.2 Å². The number of hydrogen-bond acceptors (Lipinski definition) is 2. The van der Waals surface area contributed by atoms with Gasteiger partial charge in [-0.25, -0.2) is 8.78 Å². The summed E-state index contributed by atoms with van der Waals surface area (Å²) in [5, 5.41) is 10.2. The Kier molecular flexibility index (Phi) is 6.17. The van der Waals surface area contributed by atoms with Gasteiger partial charge in [0.05, 0.1) is 12.1 Å². The highest BCUT2D eigenvalue weighted by Crippen LogP contribution is 2.32. The summed E-state index contributed by atoms with van der Waals surface area (Å²) in [6.45, 7) is 0. The molecular formula is C14H20ClF2NO. The fourth-order valence-corrected chi connectivity index (χ4v) is 2.72. The molecule has 0 saturated heterocycles. The lowest BCUT2D eigenvalue weighted by Gasteiger charge is -2.30. The molecule has 1 aromatic rings. The Morgan fingerprint density at radius 2 is 1.79 bits per heavy atom. The molecule has 2 nitrogen and oxygen atoms in total. The summed E-state index contributed by atoms with van der Waals surface area (Å²) < 4.78 is 26.7. The summed E-state index contributed by atoms with van der Waals surface area (Å²) in [6.07, 6.45) is 4.33. The molecule has 3 N–H and O–H groups in total. The SMILES string of the molecule is Cl.N[C@@H](c1cc(F)ccc1F)[C@H](O)C1CCCCC1. The van der Waals surface area contributed by atoms with Crippen molar-refractivity contribution in [1.29, 1.82) is 0 Å². The fourth-order valence-electron chi connectivity index (χ4n) is 2.72. The molecule has 1 saturated carbocycles. The summed E-state index contributed by atoms with van der Waals surface area (Å²) in [4.78, 5) is 0. The van der Waals surface area contributed by atoms with Gasteiger partial charge in [0, 0.05) is 5.56 Å². The van der Waals surface area contributed by atoms with Gasteiger partial charge in [0.15, 0.2) is 0 Å². The van der Waals surface area contributed by atoms with Crippen molar-refractivity contribution in [1.82, 2.24) is 0 Å². The number of benzene rings is 1. The normalized spacial score (nSPS) is 19.6. The van der Waals surface area contributed by atoms with E-state index < -0.39 is 23.8 Å². The van der Waals surface area contributed by atoms with Crippen LogP contribution in [0.5, 0.6) is 0 Å².